The van der Waals surface area contributed by atoms with E-state index in [1.165, 1.54) is 57.8 Å². The third-order valence-corrected chi connectivity index (χ3v) is 5.70. The Bertz CT molecular complexity index is 669. The van der Waals surface area contributed by atoms with Crippen molar-refractivity contribution in [2.24, 2.45) is 0 Å². The maximum Gasteiger partial charge on any atom is 0.263 e. The van der Waals surface area contributed by atoms with E-state index >= 15 is 0 Å². The number of rotatable bonds is 5. The molecule has 0 heterocycles. The van der Waals surface area contributed by atoms with Gasteiger partial charge in [-0.15, -0.1) is 0 Å². The van der Waals surface area contributed by atoms with Gasteiger partial charge in [0.1, 0.15) is 11.6 Å². The molecule has 1 saturated carbocycles. The van der Waals surface area contributed by atoms with Crippen molar-refractivity contribution in [3.05, 3.63) is 46.6 Å². The van der Waals surface area contributed by atoms with E-state index < -0.39 is 0 Å². The van der Waals surface area contributed by atoms with Gasteiger partial charge in [0.05, 0.1) is 0 Å². The van der Waals surface area contributed by atoms with Crippen molar-refractivity contribution in [1.82, 2.24) is 10.6 Å². The first kappa shape index (κ1) is 22.3. The van der Waals surface area contributed by atoms with Gasteiger partial charge in [-0.25, -0.2) is 0 Å². The average Bonchev–Trinajstić information content (AvgIpc) is 2.69. The number of amides is 1. The molecule has 0 aliphatic heterocycles. The van der Waals surface area contributed by atoms with Gasteiger partial charge < -0.3 is 10.6 Å². The van der Waals surface area contributed by atoms with Gasteiger partial charge in [-0.3, -0.25) is 4.79 Å². The van der Waals surface area contributed by atoms with E-state index in [1.54, 1.807) is 12.3 Å². The van der Waals surface area contributed by atoms with Gasteiger partial charge in [-0.1, -0.05) is 87.6 Å². The second-order valence-corrected chi connectivity index (χ2v) is 7.97. The van der Waals surface area contributed by atoms with Crippen molar-refractivity contribution < 1.29 is 4.79 Å². The molecule has 4 nitrogen and oxygen atoms in total. The normalized spacial score (nSPS) is 17.6. The van der Waals surface area contributed by atoms with Crippen molar-refractivity contribution >= 4 is 17.5 Å². The number of hydrogen-bond donors (Lipinski definition) is 2. The predicted octanol–water partition coefficient (Wildman–Crippen LogP) is 5.63. The lowest BCUT2D eigenvalue weighted by molar-refractivity contribution is -0.117. The molecule has 0 atom stereocenters. The molecule has 1 aromatic carbocycles. The molecular weight excluding hydrogens is 370 g/mol. The summed E-state index contributed by atoms with van der Waals surface area (Å²) in [4.78, 5) is 12.4. The molecule has 152 valence electrons. The molecule has 2 rings (SSSR count). The molecule has 0 radical (unpaired) electrons. The van der Waals surface area contributed by atoms with E-state index in [2.05, 4.69) is 10.6 Å². The highest BCUT2D eigenvalue weighted by atomic mass is 35.5. The van der Waals surface area contributed by atoms with Crippen LogP contribution in [-0.4, -0.2) is 11.9 Å². The van der Waals surface area contributed by atoms with Crippen LogP contribution >= 0.6 is 11.6 Å². The monoisotopic (exact) mass is 401 g/mol. The van der Waals surface area contributed by atoms with Crippen LogP contribution in [0.3, 0.4) is 0 Å². The Labute approximate surface area is 174 Å². The fourth-order valence-corrected chi connectivity index (χ4v) is 3.79. The van der Waals surface area contributed by atoms with Crippen molar-refractivity contribution in [3.63, 3.8) is 0 Å². The quantitative estimate of drug-likeness (QED) is 0.496. The summed E-state index contributed by atoms with van der Waals surface area (Å²) in [7, 11) is 0. The van der Waals surface area contributed by atoms with Gasteiger partial charge >= 0.3 is 0 Å². The summed E-state index contributed by atoms with van der Waals surface area (Å²) in [6, 6.07) is 9.72. The highest BCUT2D eigenvalue weighted by Gasteiger charge is 2.12. The van der Waals surface area contributed by atoms with E-state index in [1.807, 2.05) is 24.3 Å². The highest BCUT2D eigenvalue weighted by molar-refractivity contribution is 6.31. The largest absolute Gasteiger partial charge is 0.387 e. The molecule has 1 amide bonds. The number of halogens is 1. The highest BCUT2D eigenvalue weighted by Crippen LogP contribution is 2.17. The fourth-order valence-electron chi connectivity index (χ4n) is 3.59. The Morgan fingerprint density at radius 3 is 2.18 bits per heavy atom. The van der Waals surface area contributed by atoms with Crippen molar-refractivity contribution in [1.29, 1.82) is 5.26 Å². The molecule has 0 bridgehead atoms. The van der Waals surface area contributed by atoms with Gasteiger partial charge in [-0.2, -0.15) is 5.26 Å². The zero-order valence-electron chi connectivity index (χ0n) is 16.7. The van der Waals surface area contributed by atoms with Crippen molar-refractivity contribution in [2.45, 2.75) is 83.2 Å². The number of benzene rings is 1. The summed E-state index contributed by atoms with van der Waals surface area (Å²) in [5, 5.41) is 16.1. The zero-order chi connectivity index (χ0) is 20.0. The van der Waals surface area contributed by atoms with E-state index in [0.717, 1.165) is 18.4 Å². The Kier molecular flexibility index (Phi) is 10.5. The van der Waals surface area contributed by atoms with Gasteiger partial charge in [0.2, 0.25) is 0 Å². The first-order valence-corrected chi connectivity index (χ1v) is 11.0. The molecular formula is C23H32ClN3O. The summed E-state index contributed by atoms with van der Waals surface area (Å²) in [6.07, 6.45) is 15.4. The van der Waals surface area contributed by atoms with Crippen LogP contribution in [0.15, 0.2) is 36.0 Å². The molecule has 1 aliphatic rings. The Morgan fingerprint density at radius 2 is 1.61 bits per heavy atom. The summed E-state index contributed by atoms with van der Waals surface area (Å²) in [5.41, 5.74) is 0.945. The van der Waals surface area contributed by atoms with Gasteiger partial charge in [0, 0.05) is 23.8 Å². The van der Waals surface area contributed by atoms with Crippen molar-refractivity contribution in [3.8, 4) is 6.07 Å². The van der Waals surface area contributed by atoms with Crippen LogP contribution in [0, 0.1) is 11.3 Å². The van der Waals surface area contributed by atoms with E-state index in [-0.39, 0.29) is 11.5 Å². The van der Waals surface area contributed by atoms with E-state index in [0.29, 0.717) is 17.6 Å². The van der Waals surface area contributed by atoms with E-state index in [9.17, 15) is 10.1 Å². The first-order valence-electron chi connectivity index (χ1n) is 10.6. The van der Waals surface area contributed by atoms with Crippen LogP contribution in [-0.2, 0) is 11.3 Å². The topological polar surface area (TPSA) is 64.9 Å². The second-order valence-electron chi connectivity index (χ2n) is 7.57. The number of carbonyl (C=O) groups is 1. The number of carbonyl (C=O) groups excluding carboxylic acids is 1. The SMILES string of the molecule is N#C/C(=C/NC1CCCCCCCCCCC1)C(=O)NCc1ccccc1Cl. The predicted molar refractivity (Wildman–Crippen MR) is 115 cm³/mol. The molecule has 1 aromatic rings. The molecule has 2 N–H and O–H groups in total. The molecule has 1 fully saturated rings. The summed E-state index contributed by atoms with van der Waals surface area (Å²) < 4.78 is 0. The first-order chi connectivity index (χ1) is 13.7. The van der Waals surface area contributed by atoms with Crippen LogP contribution in [0.1, 0.15) is 76.2 Å². The second kappa shape index (κ2) is 13.2. The Hall–Kier alpha value is -1.99. The van der Waals surface area contributed by atoms with Gasteiger partial charge in [-0.05, 0) is 24.5 Å². The summed E-state index contributed by atoms with van der Waals surface area (Å²) in [5.74, 6) is -0.372. The van der Waals surface area contributed by atoms with Gasteiger partial charge in [0.15, 0.2) is 0 Å². The number of hydrogen-bond acceptors (Lipinski definition) is 3. The van der Waals surface area contributed by atoms with Crippen LogP contribution in [0.25, 0.3) is 0 Å². The third-order valence-electron chi connectivity index (χ3n) is 5.33. The van der Waals surface area contributed by atoms with Crippen LogP contribution in [0.2, 0.25) is 5.02 Å². The Balaban J connectivity index is 1.87. The number of nitrogens with one attached hydrogen (secondary N) is 2. The van der Waals surface area contributed by atoms with Crippen LogP contribution in [0.4, 0.5) is 0 Å². The molecule has 5 heteroatoms. The maximum absolute atomic E-state index is 12.4. The lowest BCUT2D eigenvalue weighted by Crippen LogP contribution is -2.28. The van der Waals surface area contributed by atoms with Crippen molar-refractivity contribution in [2.75, 3.05) is 0 Å². The summed E-state index contributed by atoms with van der Waals surface area (Å²) >= 11 is 6.12. The third kappa shape index (κ3) is 8.35. The minimum atomic E-state index is -0.372. The molecule has 0 saturated heterocycles. The van der Waals surface area contributed by atoms with Gasteiger partial charge in [0.25, 0.3) is 5.91 Å². The minimum Gasteiger partial charge on any atom is -0.387 e. The minimum absolute atomic E-state index is 0.109. The molecule has 1 aliphatic carbocycles. The van der Waals surface area contributed by atoms with Crippen LogP contribution < -0.4 is 10.6 Å². The lowest BCUT2D eigenvalue weighted by atomic mass is 9.98. The molecule has 0 aromatic heterocycles. The lowest BCUT2D eigenvalue weighted by Gasteiger charge is -2.18. The van der Waals surface area contributed by atoms with Crippen LogP contribution in [0.5, 0.6) is 0 Å². The molecule has 28 heavy (non-hydrogen) atoms. The molecule has 0 unspecified atom stereocenters. The fraction of sp³-hybridized carbons (Fsp3) is 0.565. The smallest absolute Gasteiger partial charge is 0.263 e. The molecule has 0 spiro atoms. The maximum atomic E-state index is 12.4. The number of nitriles is 1. The number of nitrogens with zero attached hydrogens (tertiary/aromatic N) is 1. The zero-order valence-corrected chi connectivity index (χ0v) is 17.4. The van der Waals surface area contributed by atoms with E-state index in [4.69, 9.17) is 11.6 Å². The summed E-state index contributed by atoms with van der Waals surface area (Å²) in [6.45, 7) is 0.307. The standard InChI is InChI=1S/C23H32ClN3O/c24-22-15-11-10-12-19(22)17-27-23(28)20(16-25)18-26-21-13-8-6-4-2-1-3-5-7-9-14-21/h10-12,15,18,21,26H,1-9,13-14,17H2,(H,27,28)/b20-18-. The average molecular weight is 402 g/mol. The Morgan fingerprint density at radius 1 is 1.04 bits per heavy atom.